The molecule has 1 aliphatic rings. The fourth-order valence-electron chi connectivity index (χ4n) is 3.69. The van der Waals surface area contributed by atoms with Crippen LogP contribution in [0.4, 0.5) is 0 Å². The monoisotopic (exact) mass is 382 g/mol. The number of H-pyrrole nitrogens is 1. The van der Waals surface area contributed by atoms with Gasteiger partial charge in [-0.15, -0.1) is 0 Å². The first-order chi connectivity index (χ1) is 13.5. The molecule has 4 rings (SSSR count). The molecule has 1 aromatic carbocycles. The molecule has 8 nitrogen and oxygen atoms in total. The molecule has 1 amide bonds. The smallest absolute Gasteiger partial charge is 0.317 e. The summed E-state index contributed by atoms with van der Waals surface area (Å²) in [5.74, 6) is -0.480. The van der Waals surface area contributed by atoms with Gasteiger partial charge in [-0.3, -0.25) is 19.6 Å². The molecule has 2 heterocycles. The summed E-state index contributed by atoms with van der Waals surface area (Å²) in [5.41, 5.74) is 1.73. The van der Waals surface area contributed by atoms with Crippen LogP contribution in [-0.2, 0) is 4.79 Å². The third-order valence-electron chi connectivity index (χ3n) is 5.27. The number of para-hydroxylation sites is 1. The molecule has 1 saturated carbocycles. The van der Waals surface area contributed by atoms with Gasteiger partial charge in [-0.1, -0.05) is 25.1 Å². The van der Waals surface area contributed by atoms with E-state index in [1.807, 2.05) is 42.2 Å². The summed E-state index contributed by atoms with van der Waals surface area (Å²) in [6, 6.07) is 9.74. The Morgan fingerprint density at radius 3 is 2.86 bits per heavy atom. The van der Waals surface area contributed by atoms with Crippen LogP contribution >= 0.6 is 0 Å². The highest BCUT2D eigenvalue weighted by Crippen LogP contribution is 2.30. The number of carboxylic acids is 1. The van der Waals surface area contributed by atoms with Crippen molar-refractivity contribution in [2.24, 2.45) is 0 Å². The van der Waals surface area contributed by atoms with E-state index in [0.717, 1.165) is 23.8 Å². The number of hydrogen-bond donors (Lipinski definition) is 3. The number of aliphatic carboxylic acids is 1. The number of carbonyl (C=O) groups is 2. The first-order valence-corrected chi connectivity index (χ1v) is 9.34. The number of amides is 1. The standard InChI is InChI=1S/C20H22N4O4/c1-2-24(11-18(25)26)14-8-13(9-14)22-20(27)15-10-21-23-19(15)17-7-12-5-3-4-6-16(12)28-17/h3-7,10,13-14H,2,8-9,11H2,1H3,(H,21,23)(H,22,27)(H,25,26). The number of fused-ring (bicyclic) bond motifs is 1. The number of nitrogens with one attached hydrogen (secondary N) is 2. The molecule has 3 N–H and O–H groups in total. The number of nitrogens with zero attached hydrogens (tertiary/aromatic N) is 2. The molecule has 0 saturated heterocycles. The van der Waals surface area contributed by atoms with Crippen LogP contribution in [0.1, 0.15) is 30.1 Å². The summed E-state index contributed by atoms with van der Waals surface area (Å²) in [6.45, 7) is 2.65. The second-order valence-corrected chi connectivity index (χ2v) is 7.06. The number of rotatable bonds is 7. The van der Waals surface area contributed by atoms with Gasteiger partial charge >= 0.3 is 5.97 Å². The van der Waals surface area contributed by atoms with Crippen LogP contribution in [0.3, 0.4) is 0 Å². The van der Waals surface area contributed by atoms with E-state index in [0.29, 0.717) is 23.6 Å². The maximum absolute atomic E-state index is 12.7. The minimum absolute atomic E-state index is 0.0266. The first kappa shape index (κ1) is 18.2. The number of likely N-dealkylation sites (N-methyl/N-ethyl adjacent to an activating group) is 1. The van der Waals surface area contributed by atoms with Gasteiger partial charge in [-0.05, 0) is 31.5 Å². The van der Waals surface area contributed by atoms with Crippen molar-refractivity contribution in [3.05, 3.63) is 42.1 Å². The van der Waals surface area contributed by atoms with Gasteiger partial charge in [0.1, 0.15) is 11.3 Å². The fraction of sp³-hybridized carbons (Fsp3) is 0.350. The molecule has 0 spiro atoms. The van der Waals surface area contributed by atoms with Crippen LogP contribution in [0.5, 0.6) is 0 Å². The lowest BCUT2D eigenvalue weighted by molar-refractivity contribution is -0.139. The Labute approximate surface area is 161 Å². The molecule has 8 heteroatoms. The van der Waals surface area contributed by atoms with Gasteiger partial charge in [0.2, 0.25) is 0 Å². The molecule has 0 bridgehead atoms. The van der Waals surface area contributed by atoms with Gasteiger partial charge in [-0.25, -0.2) is 0 Å². The Hall–Kier alpha value is -3.13. The topological polar surface area (TPSA) is 111 Å². The van der Waals surface area contributed by atoms with E-state index in [4.69, 9.17) is 9.52 Å². The Balaban J connectivity index is 1.42. The van der Waals surface area contributed by atoms with Gasteiger partial charge in [-0.2, -0.15) is 5.10 Å². The molecule has 1 aliphatic carbocycles. The molecule has 28 heavy (non-hydrogen) atoms. The van der Waals surface area contributed by atoms with Crippen molar-refractivity contribution in [3.8, 4) is 11.5 Å². The molecule has 146 valence electrons. The number of hydrogen-bond acceptors (Lipinski definition) is 5. The molecule has 0 atom stereocenters. The molecule has 3 aromatic rings. The summed E-state index contributed by atoms with van der Waals surface area (Å²) >= 11 is 0. The lowest BCUT2D eigenvalue weighted by atomic mass is 9.85. The van der Waals surface area contributed by atoms with E-state index in [2.05, 4.69) is 15.5 Å². The van der Waals surface area contributed by atoms with Crippen LogP contribution in [0.2, 0.25) is 0 Å². The van der Waals surface area contributed by atoms with Crippen molar-refractivity contribution in [3.63, 3.8) is 0 Å². The predicted molar refractivity (Wildman–Crippen MR) is 103 cm³/mol. The second kappa shape index (κ2) is 7.47. The molecule has 2 aromatic heterocycles. The Kier molecular flexibility index (Phi) is 4.87. The van der Waals surface area contributed by atoms with Gasteiger partial charge in [0, 0.05) is 17.5 Å². The van der Waals surface area contributed by atoms with Crippen molar-refractivity contribution in [2.75, 3.05) is 13.1 Å². The third kappa shape index (κ3) is 3.50. The van der Waals surface area contributed by atoms with Crippen molar-refractivity contribution < 1.29 is 19.1 Å². The second-order valence-electron chi connectivity index (χ2n) is 7.06. The fourth-order valence-corrected chi connectivity index (χ4v) is 3.69. The van der Waals surface area contributed by atoms with Crippen LogP contribution in [0.15, 0.2) is 40.9 Å². The van der Waals surface area contributed by atoms with Crippen molar-refractivity contribution in [1.82, 2.24) is 20.4 Å². The SMILES string of the molecule is CCN(CC(=O)O)C1CC(NC(=O)c2cn[nH]c2-c2cc3ccccc3o2)C1. The summed E-state index contributed by atoms with van der Waals surface area (Å²) in [4.78, 5) is 25.6. The molecular weight excluding hydrogens is 360 g/mol. The van der Waals surface area contributed by atoms with Gasteiger partial charge in [0.25, 0.3) is 5.91 Å². The Morgan fingerprint density at radius 2 is 2.14 bits per heavy atom. The average Bonchev–Trinajstić information content (AvgIpc) is 3.28. The maximum atomic E-state index is 12.7. The summed E-state index contributed by atoms with van der Waals surface area (Å²) in [5, 5.41) is 19.8. The number of furan rings is 1. The normalized spacial score (nSPS) is 18.9. The molecule has 0 aliphatic heterocycles. The van der Waals surface area contributed by atoms with Crippen molar-refractivity contribution in [2.45, 2.75) is 31.8 Å². The summed E-state index contributed by atoms with van der Waals surface area (Å²) in [6.07, 6.45) is 2.98. The van der Waals surface area contributed by atoms with E-state index in [1.54, 1.807) is 0 Å². The van der Waals surface area contributed by atoms with Crippen molar-refractivity contribution >= 4 is 22.8 Å². The lowest BCUT2D eigenvalue weighted by Crippen LogP contribution is -2.54. The zero-order chi connectivity index (χ0) is 19.7. The highest BCUT2D eigenvalue weighted by Gasteiger charge is 2.35. The number of aromatic nitrogens is 2. The highest BCUT2D eigenvalue weighted by molar-refractivity contribution is 6.00. The third-order valence-corrected chi connectivity index (χ3v) is 5.27. The largest absolute Gasteiger partial charge is 0.480 e. The van der Waals surface area contributed by atoms with Gasteiger partial charge in [0.05, 0.1) is 18.3 Å². The Morgan fingerprint density at radius 1 is 1.36 bits per heavy atom. The van der Waals surface area contributed by atoms with Gasteiger partial charge in [0.15, 0.2) is 5.76 Å². The summed E-state index contributed by atoms with van der Waals surface area (Å²) in [7, 11) is 0. The summed E-state index contributed by atoms with van der Waals surface area (Å²) < 4.78 is 5.84. The lowest BCUT2D eigenvalue weighted by Gasteiger charge is -2.42. The van der Waals surface area contributed by atoms with Gasteiger partial charge < -0.3 is 14.8 Å². The van der Waals surface area contributed by atoms with Crippen LogP contribution in [-0.4, -0.2) is 57.3 Å². The van der Waals surface area contributed by atoms with E-state index in [-0.39, 0.29) is 24.5 Å². The molecular formula is C20H22N4O4. The highest BCUT2D eigenvalue weighted by atomic mass is 16.4. The Bertz CT molecular complexity index is 969. The minimum Gasteiger partial charge on any atom is -0.480 e. The van der Waals surface area contributed by atoms with E-state index < -0.39 is 5.97 Å². The maximum Gasteiger partial charge on any atom is 0.317 e. The molecule has 1 fully saturated rings. The average molecular weight is 382 g/mol. The zero-order valence-electron chi connectivity index (χ0n) is 15.5. The number of benzene rings is 1. The van der Waals surface area contributed by atoms with Crippen molar-refractivity contribution in [1.29, 1.82) is 0 Å². The van der Waals surface area contributed by atoms with Crippen LogP contribution < -0.4 is 5.32 Å². The zero-order valence-corrected chi connectivity index (χ0v) is 15.5. The quantitative estimate of drug-likeness (QED) is 0.579. The number of aromatic amines is 1. The minimum atomic E-state index is -0.830. The number of carboxylic acid groups (broad SMARTS) is 1. The number of carbonyl (C=O) groups excluding carboxylic acids is 1. The van der Waals surface area contributed by atoms with E-state index >= 15 is 0 Å². The van der Waals surface area contributed by atoms with Crippen LogP contribution in [0, 0.1) is 0 Å². The first-order valence-electron chi connectivity index (χ1n) is 9.34. The van der Waals surface area contributed by atoms with E-state index in [9.17, 15) is 9.59 Å². The van der Waals surface area contributed by atoms with E-state index in [1.165, 1.54) is 6.20 Å². The predicted octanol–water partition coefficient (Wildman–Crippen LogP) is 2.49. The molecule has 0 radical (unpaired) electrons. The van der Waals surface area contributed by atoms with Crippen LogP contribution in [0.25, 0.3) is 22.4 Å². The molecule has 0 unspecified atom stereocenters.